The summed E-state index contributed by atoms with van der Waals surface area (Å²) in [6.07, 6.45) is 4.41. The Morgan fingerprint density at radius 2 is 2.21 bits per heavy atom. The van der Waals surface area contributed by atoms with E-state index in [0.717, 1.165) is 19.3 Å². The van der Waals surface area contributed by atoms with E-state index in [9.17, 15) is 9.59 Å². The second kappa shape index (κ2) is 5.59. The molecule has 0 unspecified atom stereocenters. The molecule has 0 aromatic carbocycles. The molecular formula is C15H20O4. The zero-order chi connectivity index (χ0) is 14.0. The van der Waals surface area contributed by atoms with E-state index >= 15 is 0 Å². The maximum Gasteiger partial charge on any atom is 0.333 e. The molecule has 2 saturated heterocycles. The van der Waals surface area contributed by atoms with E-state index in [1.807, 2.05) is 13.8 Å². The van der Waals surface area contributed by atoms with Gasteiger partial charge in [-0.25, -0.2) is 4.79 Å². The number of rotatable bonds is 4. The van der Waals surface area contributed by atoms with E-state index in [1.54, 1.807) is 0 Å². The molecule has 4 heteroatoms. The number of allylic oxidation sites excluding steroid dienone is 1. The zero-order valence-corrected chi connectivity index (χ0v) is 11.5. The number of esters is 2. The summed E-state index contributed by atoms with van der Waals surface area (Å²) in [5, 5.41) is 0. The van der Waals surface area contributed by atoms with Gasteiger partial charge in [-0.15, -0.1) is 0 Å². The fourth-order valence-electron chi connectivity index (χ4n) is 2.48. The van der Waals surface area contributed by atoms with Crippen LogP contribution in [0.4, 0.5) is 0 Å². The summed E-state index contributed by atoms with van der Waals surface area (Å²) in [7, 11) is 0. The highest BCUT2D eigenvalue weighted by atomic mass is 16.6. The number of carbonyl (C=O) groups is 2. The highest BCUT2D eigenvalue weighted by Crippen LogP contribution is 2.27. The number of cyclic esters (lactones) is 2. The van der Waals surface area contributed by atoms with Crippen molar-refractivity contribution in [1.29, 1.82) is 0 Å². The van der Waals surface area contributed by atoms with Crippen LogP contribution in [0.2, 0.25) is 0 Å². The van der Waals surface area contributed by atoms with Gasteiger partial charge in [0, 0.05) is 17.9 Å². The molecule has 0 saturated carbocycles. The second-order valence-electron chi connectivity index (χ2n) is 5.51. The van der Waals surface area contributed by atoms with Gasteiger partial charge in [-0.1, -0.05) is 25.2 Å². The van der Waals surface area contributed by atoms with E-state index < -0.39 is 0 Å². The summed E-state index contributed by atoms with van der Waals surface area (Å²) in [5.74, 6) is -0.276. The molecule has 0 amide bonds. The van der Waals surface area contributed by atoms with Crippen LogP contribution in [0, 0.1) is 11.8 Å². The molecule has 19 heavy (non-hydrogen) atoms. The van der Waals surface area contributed by atoms with Crippen molar-refractivity contribution in [1.82, 2.24) is 0 Å². The molecular weight excluding hydrogens is 244 g/mol. The van der Waals surface area contributed by atoms with E-state index in [2.05, 4.69) is 12.7 Å². The molecule has 2 rings (SSSR count). The Hall–Kier alpha value is -1.58. The molecule has 0 spiro atoms. The minimum Gasteiger partial charge on any atom is -0.462 e. The third-order valence-electron chi connectivity index (χ3n) is 3.77. The minimum atomic E-state index is -0.283. The van der Waals surface area contributed by atoms with Crippen molar-refractivity contribution < 1.29 is 19.1 Å². The smallest absolute Gasteiger partial charge is 0.333 e. The van der Waals surface area contributed by atoms with Crippen LogP contribution in [0.15, 0.2) is 23.8 Å². The van der Waals surface area contributed by atoms with E-state index in [4.69, 9.17) is 9.47 Å². The molecule has 0 N–H and O–H groups in total. The quantitative estimate of drug-likeness (QED) is 0.444. The van der Waals surface area contributed by atoms with Crippen LogP contribution in [0.25, 0.3) is 0 Å². The molecule has 0 radical (unpaired) electrons. The van der Waals surface area contributed by atoms with Crippen molar-refractivity contribution >= 4 is 11.9 Å². The number of hydrogen-bond acceptors (Lipinski definition) is 4. The Balaban J connectivity index is 1.82. The highest BCUT2D eigenvalue weighted by molar-refractivity contribution is 5.90. The standard InChI is InChI=1S/C15H20O4/c1-9(6-13-7-10(2)14(16)19-13)4-5-12-8-18-15(17)11(12)3/h4,10,12-13H,3,5-8H2,1-2H3/b9-4+/t10-,12+,13+/m1/s1. The van der Waals surface area contributed by atoms with Gasteiger partial charge in [0.1, 0.15) is 6.10 Å². The van der Waals surface area contributed by atoms with Gasteiger partial charge in [0.05, 0.1) is 12.5 Å². The normalized spacial score (nSPS) is 31.6. The highest BCUT2D eigenvalue weighted by Gasteiger charge is 2.31. The van der Waals surface area contributed by atoms with Gasteiger partial charge in [-0.3, -0.25) is 4.79 Å². The Kier molecular flexibility index (Phi) is 4.08. The molecule has 104 valence electrons. The molecule has 0 aromatic heterocycles. The van der Waals surface area contributed by atoms with Crippen molar-refractivity contribution in [2.75, 3.05) is 6.61 Å². The number of ether oxygens (including phenoxy) is 2. The van der Waals surface area contributed by atoms with Crippen molar-refractivity contribution in [2.24, 2.45) is 11.8 Å². The average molecular weight is 264 g/mol. The molecule has 2 aliphatic heterocycles. The van der Waals surface area contributed by atoms with Crippen LogP contribution in [0.3, 0.4) is 0 Å². The van der Waals surface area contributed by atoms with E-state index in [0.29, 0.717) is 12.2 Å². The lowest BCUT2D eigenvalue weighted by atomic mass is 9.96. The Labute approximate surface area is 113 Å². The largest absolute Gasteiger partial charge is 0.462 e. The topological polar surface area (TPSA) is 52.6 Å². The van der Waals surface area contributed by atoms with Gasteiger partial charge in [0.25, 0.3) is 0 Å². The lowest BCUT2D eigenvalue weighted by Crippen LogP contribution is -2.07. The molecule has 2 fully saturated rings. The van der Waals surface area contributed by atoms with E-state index in [1.165, 1.54) is 5.57 Å². The molecule has 2 heterocycles. The zero-order valence-electron chi connectivity index (χ0n) is 11.5. The fraction of sp³-hybridized carbons (Fsp3) is 0.600. The van der Waals surface area contributed by atoms with E-state index in [-0.39, 0.29) is 29.9 Å². The lowest BCUT2D eigenvalue weighted by molar-refractivity contribution is -0.143. The van der Waals surface area contributed by atoms with Crippen LogP contribution in [-0.4, -0.2) is 24.6 Å². The molecule has 0 aliphatic carbocycles. The molecule has 0 aromatic rings. The van der Waals surface area contributed by atoms with Gasteiger partial charge >= 0.3 is 11.9 Å². The SMILES string of the molecule is C=C1C(=O)OC[C@@H]1C/C=C(\C)C[C@H]1C[C@@H](C)C(=O)O1. The Bertz CT molecular complexity index is 435. The van der Waals surface area contributed by atoms with Crippen molar-refractivity contribution in [2.45, 2.75) is 39.2 Å². The maximum atomic E-state index is 11.3. The Morgan fingerprint density at radius 1 is 1.47 bits per heavy atom. The van der Waals surface area contributed by atoms with Crippen molar-refractivity contribution in [3.63, 3.8) is 0 Å². The maximum absolute atomic E-state index is 11.3. The van der Waals surface area contributed by atoms with Gasteiger partial charge < -0.3 is 9.47 Å². The molecule has 3 atom stereocenters. The monoisotopic (exact) mass is 264 g/mol. The lowest BCUT2D eigenvalue weighted by Gasteiger charge is -2.10. The summed E-state index contributed by atoms with van der Waals surface area (Å²) < 4.78 is 10.2. The summed E-state index contributed by atoms with van der Waals surface area (Å²) >= 11 is 0. The van der Waals surface area contributed by atoms with Gasteiger partial charge in [-0.2, -0.15) is 0 Å². The fourth-order valence-corrected chi connectivity index (χ4v) is 2.48. The first-order valence-corrected chi connectivity index (χ1v) is 6.69. The summed E-state index contributed by atoms with van der Waals surface area (Å²) in [4.78, 5) is 22.5. The average Bonchev–Trinajstić information content (AvgIpc) is 2.82. The predicted molar refractivity (Wildman–Crippen MR) is 70.2 cm³/mol. The van der Waals surface area contributed by atoms with Crippen LogP contribution < -0.4 is 0 Å². The summed E-state index contributed by atoms with van der Waals surface area (Å²) in [6.45, 7) is 8.09. The number of hydrogen-bond donors (Lipinski definition) is 0. The first-order chi connectivity index (χ1) is 8.97. The van der Waals surface area contributed by atoms with Crippen molar-refractivity contribution in [3.8, 4) is 0 Å². The van der Waals surface area contributed by atoms with Gasteiger partial charge in [-0.05, 0) is 19.8 Å². The third-order valence-corrected chi connectivity index (χ3v) is 3.77. The summed E-state index contributed by atoms with van der Waals surface area (Å²) in [5.41, 5.74) is 1.74. The third kappa shape index (κ3) is 3.25. The minimum absolute atomic E-state index is 0.00316. The van der Waals surface area contributed by atoms with Gasteiger partial charge in [0.2, 0.25) is 0 Å². The first-order valence-electron chi connectivity index (χ1n) is 6.69. The van der Waals surface area contributed by atoms with Crippen LogP contribution >= 0.6 is 0 Å². The first kappa shape index (κ1) is 13.8. The molecule has 2 aliphatic rings. The molecule has 4 nitrogen and oxygen atoms in total. The van der Waals surface area contributed by atoms with Crippen LogP contribution in [0.1, 0.15) is 33.1 Å². The Morgan fingerprint density at radius 3 is 2.74 bits per heavy atom. The summed E-state index contributed by atoms with van der Waals surface area (Å²) in [6, 6.07) is 0. The van der Waals surface area contributed by atoms with Crippen molar-refractivity contribution in [3.05, 3.63) is 23.8 Å². The predicted octanol–water partition coefficient (Wildman–Crippen LogP) is 2.39. The van der Waals surface area contributed by atoms with Crippen LogP contribution in [-0.2, 0) is 19.1 Å². The van der Waals surface area contributed by atoms with Crippen LogP contribution in [0.5, 0.6) is 0 Å². The van der Waals surface area contributed by atoms with Gasteiger partial charge in [0.15, 0.2) is 0 Å². The second-order valence-corrected chi connectivity index (χ2v) is 5.51. The number of carbonyl (C=O) groups excluding carboxylic acids is 2. The molecule has 0 bridgehead atoms.